The van der Waals surface area contributed by atoms with E-state index in [0.717, 1.165) is 16.8 Å². The molecule has 1 aromatic carbocycles. The number of carbonyl (C=O) groups excluding carboxylic acids is 1. The van der Waals surface area contributed by atoms with Crippen LogP contribution < -0.4 is 11.1 Å². The molecule has 0 aliphatic carbocycles. The minimum absolute atomic E-state index is 0.116. The second-order valence-electron chi connectivity index (χ2n) is 3.34. The standard InChI is InChI=1S/C12H16N2O/c1-3-4-12(15)14-11-7-10(8-13)6-5-9(11)2/h3-7H,8,13H2,1-2H3,(H,14,15)/b4-3+. The van der Waals surface area contributed by atoms with E-state index in [1.54, 1.807) is 6.08 Å². The number of benzene rings is 1. The molecule has 80 valence electrons. The van der Waals surface area contributed by atoms with Crippen LogP contribution in [-0.4, -0.2) is 5.91 Å². The van der Waals surface area contributed by atoms with Crippen LogP contribution in [0.2, 0.25) is 0 Å². The van der Waals surface area contributed by atoms with Crippen LogP contribution in [-0.2, 0) is 11.3 Å². The largest absolute Gasteiger partial charge is 0.326 e. The second kappa shape index (κ2) is 5.32. The summed E-state index contributed by atoms with van der Waals surface area (Å²) in [5, 5.41) is 2.80. The van der Waals surface area contributed by atoms with Gasteiger partial charge in [0.05, 0.1) is 0 Å². The molecule has 1 aromatic rings. The van der Waals surface area contributed by atoms with Crippen molar-refractivity contribution in [3.63, 3.8) is 0 Å². The molecule has 0 aliphatic rings. The first-order valence-electron chi connectivity index (χ1n) is 4.90. The van der Waals surface area contributed by atoms with Crippen molar-refractivity contribution in [1.29, 1.82) is 0 Å². The van der Waals surface area contributed by atoms with E-state index >= 15 is 0 Å². The van der Waals surface area contributed by atoms with Gasteiger partial charge in [0, 0.05) is 12.2 Å². The average Bonchev–Trinajstić information content (AvgIpc) is 2.21. The number of aryl methyl sites for hydroxylation is 1. The van der Waals surface area contributed by atoms with E-state index in [9.17, 15) is 4.79 Å². The summed E-state index contributed by atoms with van der Waals surface area (Å²) in [4.78, 5) is 11.3. The Kier molecular flexibility index (Phi) is 4.06. The van der Waals surface area contributed by atoms with Crippen LogP contribution in [0.15, 0.2) is 30.4 Å². The summed E-state index contributed by atoms with van der Waals surface area (Å²) in [5.74, 6) is -0.116. The fourth-order valence-electron chi connectivity index (χ4n) is 1.26. The maximum absolute atomic E-state index is 11.3. The van der Waals surface area contributed by atoms with Crippen molar-refractivity contribution in [3.05, 3.63) is 41.5 Å². The van der Waals surface area contributed by atoms with Crippen LogP contribution in [0.1, 0.15) is 18.1 Å². The molecule has 0 radical (unpaired) electrons. The summed E-state index contributed by atoms with van der Waals surface area (Å²) in [6, 6.07) is 5.81. The van der Waals surface area contributed by atoms with Crippen molar-refractivity contribution >= 4 is 11.6 Å². The van der Waals surface area contributed by atoms with E-state index in [-0.39, 0.29) is 5.91 Å². The van der Waals surface area contributed by atoms with Gasteiger partial charge in [-0.15, -0.1) is 0 Å². The monoisotopic (exact) mass is 204 g/mol. The molecule has 0 saturated carbocycles. The van der Waals surface area contributed by atoms with Crippen molar-refractivity contribution in [2.45, 2.75) is 20.4 Å². The third-order valence-electron chi connectivity index (χ3n) is 2.11. The first kappa shape index (κ1) is 11.5. The highest BCUT2D eigenvalue weighted by atomic mass is 16.1. The predicted molar refractivity (Wildman–Crippen MR) is 62.5 cm³/mol. The SMILES string of the molecule is C/C=C/C(=O)Nc1cc(CN)ccc1C. The molecular weight excluding hydrogens is 188 g/mol. The lowest BCUT2D eigenvalue weighted by Crippen LogP contribution is -2.09. The molecule has 15 heavy (non-hydrogen) atoms. The molecule has 3 heteroatoms. The minimum atomic E-state index is -0.116. The molecule has 1 rings (SSSR count). The Morgan fingerprint density at radius 2 is 2.27 bits per heavy atom. The first-order valence-corrected chi connectivity index (χ1v) is 4.90. The Morgan fingerprint density at radius 1 is 1.53 bits per heavy atom. The highest BCUT2D eigenvalue weighted by Crippen LogP contribution is 2.16. The van der Waals surface area contributed by atoms with E-state index < -0.39 is 0 Å². The summed E-state index contributed by atoms with van der Waals surface area (Å²) >= 11 is 0. The number of hydrogen-bond acceptors (Lipinski definition) is 2. The van der Waals surface area contributed by atoms with Gasteiger partial charge in [0.2, 0.25) is 5.91 Å². The smallest absolute Gasteiger partial charge is 0.248 e. The Morgan fingerprint density at radius 3 is 2.87 bits per heavy atom. The van der Waals surface area contributed by atoms with Gasteiger partial charge in [-0.25, -0.2) is 0 Å². The molecule has 0 aliphatic heterocycles. The number of carbonyl (C=O) groups is 1. The number of nitrogens with one attached hydrogen (secondary N) is 1. The Balaban J connectivity index is 2.88. The first-order chi connectivity index (χ1) is 7.17. The van der Waals surface area contributed by atoms with Crippen molar-refractivity contribution in [3.8, 4) is 0 Å². The van der Waals surface area contributed by atoms with Crippen LogP contribution in [0, 0.1) is 6.92 Å². The summed E-state index contributed by atoms with van der Waals surface area (Å²) in [7, 11) is 0. The summed E-state index contributed by atoms with van der Waals surface area (Å²) < 4.78 is 0. The van der Waals surface area contributed by atoms with Gasteiger partial charge in [0.1, 0.15) is 0 Å². The van der Waals surface area contributed by atoms with Gasteiger partial charge in [-0.2, -0.15) is 0 Å². The van der Waals surface area contributed by atoms with Crippen LogP contribution in [0.25, 0.3) is 0 Å². The zero-order valence-corrected chi connectivity index (χ0v) is 9.08. The maximum atomic E-state index is 11.3. The lowest BCUT2D eigenvalue weighted by Gasteiger charge is -2.08. The number of hydrogen-bond donors (Lipinski definition) is 2. The van der Waals surface area contributed by atoms with Gasteiger partial charge in [-0.1, -0.05) is 18.2 Å². The fourth-order valence-corrected chi connectivity index (χ4v) is 1.26. The molecule has 0 spiro atoms. The lowest BCUT2D eigenvalue weighted by molar-refractivity contribution is -0.111. The third-order valence-corrected chi connectivity index (χ3v) is 2.11. The number of anilines is 1. The van der Waals surface area contributed by atoms with Crippen molar-refractivity contribution < 1.29 is 4.79 Å². The van der Waals surface area contributed by atoms with Crippen LogP contribution in [0.5, 0.6) is 0 Å². The fraction of sp³-hybridized carbons (Fsp3) is 0.250. The van der Waals surface area contributed by atoms with Crippen LogP contribution >= 0.6 is 0 Å². The zero-order valence-electron chi connectivity index (χ0n) is 9.08. The van der Waals surface area contributed by atoms with Crippen LogP contribution in [0.3, 0.4) is 0 Å². The van der Waals surface area contributed by atoms with E-state index in [2.05, 4.69) is 5.32 Å². The normalized spacial score (nSPS) is 10.6. The molecule has 0 fully saturated rings. The average molecular weight is 204 g/mol. The number of nitrogens with two attached hydrogens (primary N) is 1. The molecular formula is C12H16N2O. The minimum Gasteiger partial charge on any atom is -0.326 e. The molecule has 0 atom stereocenters. The molecule has 3 nitrogen and oxygen atoms in total. The van der Waals surface area contributed by atoms with Gasteiger partial charge in [0.25, 0.3) is 0 Å². The van der Waals surface area contributed by atoms with Gasteiger partial charge in [-0.05, 0) is 37.1 Å². The quantitative estimate of drug-likeness (QED) is 0.739. The summed E-state index contributed by atoms with van der Waals surface area (Å²) in [6.45, 7) is 4.24. The van der Waals surface area contributed by atoms with Crippen molar-refractivity contribution in [2.75, 3.05) is 5.32 Å². The van der Waals surface area contributed by atoms with E-state index in [0.29, 0.717) is 6.54 Å². The predicted octanol–water partition coefficient (Wildman–Crippen LogP) is 1.97. The van der Waals surface area contributed by atoms with Crippen LogP contribution in [0.4, 0.5) is 5.69 Å². The maximum Gasteiger partial charge on any atom is 0.248 e. The lowest BCUT2D eigenvalue weighted by atomic mass is 10.1. The Labute approximate surface area is 90.0 Å². The Hall–Kier alpha value is -1.61. The summed E-state index contributed by atoms with van der Waals surface area (Å²) in [5.41, 5.74) is 8.39. The molecule has 0 aromatic heterocycles. The third kappa shape index (κ3) is 3.22. The number of allylic oxidation sites excluding steroid dienone is 1. The van der Waals surface area contributed by atoms with E-state index in [4.69, 9.17) is 5.73 Å². The van der Waals surface area contributed by atoms with E-state index in [1.807, 2.05) is 32.0 Å². The highest BCUT2D eigenvalue weighted by Gasteiger charge is 2.02. The molecule has 0 heterocycles. The second-order valence-corrected chi connectivity index (χ2v) is 3.34. The van der Waals surface area contributed by atoms with Crippen molar-refractivity contribution in [2.24, 2.45) is 5.73 Å². The molecule has 3 N–H and O–H groups in total. The van der Waals surface area contributed by atoms with Gasteiger partial charge < -0.3 is 11.1 Å². The van der Waals surface area contributed by atoms with Gasteiger partial charge in [-0.3, -0.25) is 4.79 Å². The molecule has 0 bridgehead atoms. The number of amides is 1. The number of rotatable bonds is 3. The zero-order chi connectivity index (χ0) is 11.3. The Bertz CT molecular complexity index is 383. The topological polar surface area (TPSA) is 55.1 Å². The summed E-state index contributed by atoms with van der Waals surface area (Å²) in [6.07, 6.45) is 3.20. The van der Waals surface area contributed by atoms with Gasteiger partial charge in [0.15, 0.2) is 0 Å². The molecule has 0 saturated heterocycles. The van der Waals surface area contributed by atoms with E-state index in [1.165, 1.54) is 6.08 Å². The van der Waals surface area contributed by atoms with Crippen molar-refractivity contribution in [1.82, 2.24) is 0 Å². The molecule has 0 unspecified atom stereocenters. The van der Waals surface area contributed by atoms with Gasteiger partial charge >= 0.3 is 0 Å². The highest BCUT2D eigenvalue weighted by molar-refractivity contribution is 5.99. The molecule has 1 amide bonds.